The van der Waals surface area contributed by atoms with E-state index in [0.717, 1.165) is 38.0 Å². The van der Waals surface area contributed by atoms with Crippen LogP contribution in [0, 0.1) is 16.0 Å². The average Bonchev–Trinajstić information content (AvgIpc) is 2.97. The van der Waals surface area contributed by atoms with E-state index in [1.807, 2.05) is 4.68 Å². The fraction of sp³-hybridized carbons (Fsp3) is 0.429. The summed E-state index contributed by atoms with van der Waals surface area (Å²) < 4.78 is 1.87. The molecule has 3 rings (SSSR count). The number of hydrogen-bond acceptors (Lipinski definition) is 5. The van der Waals surface area contributed by atoms with Gasteiger partial charge in [0.2, 0.25) is 0 Å². The topological polar surface area (TPSA) is 85.9 Å². The Bertz CT molecular complexity index is 617. The van der Waals surface area contributed by atoms with E-state index >= 15 is 0 Å². The second-order valence-electron chi connectivity index (χ2n) is 5.29. The molecule has 0 bridgehead atoms. The molecular formula is C14H17N5O2. The minimum atomic E-state index is -0.410. The monoisotopic (exact) mass is 287 g/mol. The molecule has 110 valence electrons. The third-order valence-electron chi connectivity index (χ3n) is 3.78. The molecule has 7 nitrogen and oxygen atoms in total. The zero-order chi connectivity index (χ0) is 14.7. The Kier molecular flexibility index (Phi) is 3.92. The summed E-state index contributed by atoms with van der Waals surface area (Å²) in [7, 11) is 0. The standard InChI is InChI=1S/C14H17N5O2/c20-19(21)13-3-1-12(2-4-13)14-16-10-18(17-14)9-11-5-7-15-8-6-11/h1-4,10-11,15H,5-9H2. The third kappa shape index (κ3) is 3.25. The predicted octanol–water partition coefficient (Wildman–Crippen LogP) is 1.85. The molecule has 1 N–H and O–H groups in total. The van der Waals surface area contributed by atoms with Gasteiger partial charge in [0.15, 0.2) is 5.82 Å². The summed E-state index contributed by atoms with van der Waals surface area (Å²) in [5, 5.41) is 18.4. The van der Waals surface area contributed by atoms with Crippen LogP contribution in [0.1, 0.15) is 12.8 Å². The van der Waals surface area contributed by atoms with Gasteiger partial charge in [0.05, 0.1) is 4.92 Å². The van der Waals surface area contributed by atoms with Crippen LogP contribution in [-0.2, 0) is 6.54 Å². The van der Waals surface area contributed by atoms with Crippen LogP contribution >= 0.6 is 0 Å². The number of nitro groups is 1. The van der Waals surface area contributed by atoms with Gasteiger partial charge in [-0.2, -0.15) is 5.10 Å². The van der Waals surface area contributed by atoms with Gasteiger partial charge in [0.25, 0.3) is 5.69 Å². The first kappa shape index (κ1) is 13.7. The van der Waals surface area contributed by atoms with Crippen molar-refractivity contribution in [2.45, 2.75) is 19.4 Å². The zero-order valence-electron chi connectivity index (χ0n) is 11.6. The molecule has 1 aliphatic heterocycles. The van der Waals surface area contributed by atoms with Crippen molar-refractivity contribution in [3.63, 3.8) is 0 Å². The number of nitrogens with one attached hydrogen (secondary N) is 1. The lowest BCUT2D eigenvalue weighted by molar-refractivity contribution is -0.384. The Hall–Kier alpha value is -2.28. The van der Waals surface area contributed by atoms with Gasteiger partial charge in [-0.3, -0.25) is 14.8 Å². The largest absolute Gasteiger partial charge is 0.317 e. The highest BCUT2D eigenvalue weighted by Gasteiger charge is 2.15. The highest BCUT2D eigenvalue weighted by Crippen LogP contribution is 2.20. The SMILES string of the molecule is O=[N+]([O-])c1ccc(-c2ncn(CC3CCNCC3)n2)cc1. The maximum absolute atomic E-state index is 10.6. The number of hydrogen-bond donors (Lipinski definition) is 1. The lowest BCUT2D eigenvalue weighted by atomic mass is 9.98. The normalized spacial score (nSPS) is 16.0. The fourth-order valence-electron chi connectivity index (χ4n) is 2.58. The quantitative estimate of drug-likeness (QED) is 0.685. The Morgan fingerprint density at radius 1 is 1.29 bits per heavy atom. The van der Waals surface area contributed by atoms with Crippen molar-refractivity contribution in [1.82, 2.24) is 20.1 Å². The van der Waals surface area contributed by atoms with Gasteiger partial charge in [0.1, 0.15) is 6.33 Å². The summed E-state index contributed by atoms with van der Waals surface area (Å²) >= 11 is 0. The summed E-state index contributed by atoms with van der Waals surface area (Å²) in [5.41, 5.74) is 0.873. The lowest BCUT2D eigenvalue weighted by Crippen LogP contribution is -2.30. The number of rotatable bonds is 4. The van der Waals surface area contributed by atoms with Crippen LogP contribution in [0.25, 0.3) is 11.4 Å². The fourth-order valence-corrected chi connectivity index (χ4v) is 2.58. The first-order valence-corrected chi connectivity index (χ1v) is 7.07. The van der Waals surface area contributed by atoms with Crippen LogP contribution in [0.5, 0.6) is 0 Å². The van der Waals surface area contributed by atoms with Crippen molar-refractivity contribution < 1.29 is 4.92 Å². The van der Waals surface area contributed by atoms with E-state index in [1.54, 1.807) is 18.5 Å². The molecule has 21 heavy (non-hydrogen) atoms. The van der Waals surface area contributed by atoms with Gasteiger partial charge >= 0.3 is 0 Å². The molecule has 2 aromatic rings. The Balaban J connectivity index is 1.70. The molecule has 2 heterocycles. The van der Waals surface area contributed by atoms with Crippen molar-refractivity contribution in [3.8, 4) is 11.4 Å². The summed E-state index contributed by atoms with van der Waals surface area (Å²) in [6, 6.07) is 6.32. The minimum Gasteiger partial charge on any atom is -0.317 e. The van der Waals surface area contributed by atoms with Crippen LogP contribution in [0.15, 0.2) is 30.6 Å². The highest BCUT2D eigenvalue weighted by molar-refractivity contribution is 5.56. The molecule has 1 saturated heterocycles. The minimum absolute atomic E-state index is 0.0767. The third-order valence-corrected chi connectivity index (χ3v) is 3.78. The van der Waals surface area contributed by atoms with Crippen molar-refractivity contribution in [2.75, 3.05) is 13.1 Å². The van der Waals surface area contributed by atoms with Gasteiger partial charge in [-0.05, 0) is 44.0 Å². The van der Waals surface area contributed by atoms with Crippen LogP contribution in [0.3, 0.4) is 0 Å². The van der Waals surface area contributed by atoms with E-state index in [1.165, 1.54) is 12.1 Å². The Labute approximate surface area is 122 Å². The number of aromatic nitrogens is 3. The van der Waals surface area contributed by atoms with E-state index in [0.29, 0.717) is 11.7 Å². The maximum Gasteiger partial charge on any atom is 0.269 e. The second-order valence-corrected chi connectivity index (χ2v) is 5.29. The molecule has 0 radical (unpaired) electrons. The van der Waals surface area contributed by atoms with Crippen LogP contribution in [0.2, 0.25) is 0 Å². The van der Waals surface area contributed by atoms with Crippen molar-refractivity contribution in [2.24, 2.45) is 5.92 Å². The molecule has 1 aromatic heterocycles. The van der Waals surface area contributed by atoms with Crippen LogP contribution in [-0.4, -0.2) is 32.8 Å². The first-order chi connectivity index (χ1) is 10.2. The molecule has 0 aliphatic carbocycles. The van der Waals surface area contributed by atoms with E-state index in [2.05, 4.69) is 15.4 Å². The molecule has 0 spiro atoms. The maximum atomic E-state index is 10.6. The summed E-state index contributed by atoms with van der Waals surface area (Å²) in [4.78, 5) is 14.5. The van der Waals surface area contributed by atoms with Gasteiger partial charge in [-0.15, -0.1) is 0 Å². The van der Waals surface area contributed by atoms with Crippen molar-refractivity contribution in [3.05, 3.63) is 40.7 Å². The predicted molar refractivity (Wildman–Crippen MR) is 77.7 cm³/mol. The molecule has 1 fully saturated rings. The molecule has 1 aromatic carbocycles. The van der Waals surface area contributed by atoms with Crippen LogP contribution < -0.4 is 5.32 Å². The molecule has 1 aliphatic rings. The van der Waals surface area contributed by atoms with E-state index in [4.69, 9.17) is 0 Å². The summed E-state index contributed by atoms with van der Waals surface area (Å²) in [6.45, 7) is 3.00. The molecule has 0 unspecified atom stereocenters. The molecule has 7 heteroatoms. The molecule has 0 amide bonds. The summed E-state index contributed by atoms with van der Waals surface area (Å²) in [5.74, 6) is 1.25. The van der Waals surface area contributed by atoms with Gasteiger partial charge in [0, 0.05) is 24.2 Å². The zero-order valence-corrected chi connectivity index (χ0v) is 11.6. The molecule has 0 saturated carbocycles. The Morgan fingerprint density at radius 2 is 2.00 bits per heavy atom. The van der Waals surface area contributed by atoms with Crippen LogP contribution in [0.4, 0.5) is 5.69 Å². The van der Waals surface area contributed by atoms with Crippen molar-refractivity contribution >= 4 is 5.69 Å². The van der Waals surface area contributed by atoms with E-state index in [9.17, 15) is 10.1 Å². The number of non-ortho nitro benzene ring substituents is 1. The van der Waals surface area contributed by atoms with Gasteiger partial charge < -0.3 is 5.32 Å². The number of piperidine rings is 1. The summed E-state index contributed by atoms with van der Waals surface area (Å²) in [6.07, 6.45) is 4.05. The molecular weight excluding hydrogens is 270 g/mol. The second kappa shape index (κ2) is 6.01. The molecule has 0 atom stereocenters. The van der Waals surface area contributed by atoms with Crippen molar-refractivity contribution in [1.29, 1.82) is 0 Å². The van der Waals surface area contributed by atoms with E-state index in [-0.39, 0.29) is 5.69 Å². The number of nitro benzene ring substituents is 1. The highest BCUT2D eigenvalue weighted by atomic mass is 16.6. The Morgan fingerprint density at radius 3 is 2.67 bits per heavy atom. The number of nitrogens with zero attached hydrogens (tertiary/aromatic N) is 4. The smallest absolute Gasteiger partial charge is 0.269 e. The first-order valence-electron chi connectivity index (χ1n) is 7.07. The van der Waals surface area contributed by atoms with Gasteiger partial charge in [-0.1, -0.05) is 0 Å². The lowest BCUT2D eigenvalue weighted by Gasteiger charge is -2.21. The average molecular weight is 287 g/mol. The number of benzene rings is 1. The van der Waals surface area contributed by atoms with E-state index < -0.39 is 4.92 Å². The van der Waals surface area contributed by atoms with Gasteiger partial charge in [-0.25, -0.2) is 4.98 Å².